The molecule has 86 valence electrons. The third-order valence-electron chi connectivity index (χ3n) is 2.75. The van der Waals surface area contributed by atoms with E-state index in [-0.39, 0.29) is 11.4 Å². The average Bonchev–Trinajstić information content (AvgIpc) is 2.72. The summed E-state index contributed by atoms with van der Waals surface area (Å²) in [5.41, 5.74) is 2.20. The summed E-state index contributed by atoms with van der Waals surface area (Å²) in [6.45, 7) is 0.373. The van der Waals surface area contributed by atoms with Crippen LogP contribution >= 0.6 is 0 Å². The number of carbonyl (C=O) groups is 1. The molecule has 0 saturated heterocycles. The molecule has 0 atom stereocenters. The first-order valence-electron chi connectivity index (χ1n) is 5.03. The molecule has 0 spiro atoms. The number of nitrogens with zero attached hydrogens (tertiary/aromatic N) is 2. The Labute approximate surface area is 96.2 Å². The van der Waals surface area contributed by atoms with Crippen LogP contribution in [0.3, 0.4) is 0 Å². The lowest BCUT2D eigenvalue weighted by Crippen LogP contribution is -2.16. The predicted octanol–water partition coefficient (Wildman–Crippen LogP) is 1.20. The monoisotopic (exact) mass is 231 g/mol. The molecule has 1 aliphatic rings. The van der Waals surface area contributed by atoms with Crippen molar-refractivity contribution < 1.29 is 15.0 Å². The fourth-order valence-corrected chi connectivity index (χ4v) is 1.98. The molecule has 0 fully saturated rings. The van der Waals surface area contributed by atoms with Crippen LogP contribution in [0.4, 0.5) is 5.69 Å². The minimum absolute atomic E-state index is 0.0521. The van der Waals surface area contributed by atoms with Crippen LogP contribution in [0.25, 0.3) is 5.69 Å². The van der Waals surface area contributed by atoms with Crippen LogP contribution in [-0.2, 0) is 6.54 Å². The number of nitrogens with one attached hydrogen (secondary N) is 1. The van der Waals surface area contributed by atoms with Gasteiger partial charge in [0.15, 0.2) is 5.69 Å². The molecule has 6 heteroatoms. The molecule has 2 aromatic rings. The van der Waals surface area contributed by atoms with Crippen LogP contribution in [-0.4, -0.2) is 25.7 Å². The molecule has 2 heterocycles. The zero-order valence-electron chi connectivity index (χ0n) is 8.71. The van der Waals surface area contributed by atoms with Crippen LogP contribution in [0.2, 0.25) is 0 Å². The summed E-state index contributed by atoms with van der Waals surface area (Å²) in [4.78, 5) is 14.8. The van der Waals surface area contributed by atoms with Crippen LogP contribution in [0.15, 0.2) is 24.5 Å². The maximum Gasteiger partial charge on any atom is 0.356 e. The van der Waals surface area contributed by atoms with Crippen molar-refractivity contribution in [2.24, 2.45) is 0 Å². The lowest BCUT2D eigenvalue weighted by atomic mass is 10.2. The van der Waals surface area contributed by atoms with E-state index in [0.717, 1.165) is 11.4 Å². The number of carboxylic acid groups (broad SMARTS) is 1. The third-order valence-corrected chi connectivity index (χ3v) is 2.75. The highest BCUT2D eigenvalue weighted by Crippen LogP contribution is 2.31. The Bertz CT molecular complexity index is 618. The number of anilines is 1. The Hall–Kier alpha value is -2.50. The van der Waals surface area contributed by atoms with Gasteiger partial charge in [0.25, 0.3) is 0 Å². The van der Waals surface area contributed by atoms with Gasteiger partial charge in [-0.15, -0.1) is 0 Å². The first-order valence-corrected chi connectivity index (χ1v) is 5.03. The van der Waals surface area contributed by atoms with Crippen molar-refractivity contribution in [3.63, 3.8) is 0 Å². The first-order chi connectivity index (χ1) is 8.16. The Kier molecular flexibility index (Phi) is 1.85. The van der Waals surface area contributed by atoms with Gasteiger partial charge in [0.2, 0.25) is 0 Å². The Morgan fingerprint density at radius 1 is 1.47 bits per heavy atom. The molecule has 17 heavy (non-hydrogen) atoms. The topological polar surface area (TPSA) is 87.4 Å². The molecule has 0 amide bonds. The molecule has 0 bridgehead atoms. The summed E-state index contributed by atoms with van der Waals surface area (Å²) >= 11 is 0. The second-order valence-electron chi connectivity index (χ2n) is 3.77. The van der Waals surface area contributed by atoms with E-state index in [1.165, 1.54) is 6.33 Å². The van der Waals surface area contributed by atoms with Crippen LogP contribution in [0, 0.1) is 0 Å². The van der Waals surface area contributed by atoms with E-state index in [0.29, 0.717) is 12.2 Å². The molecule has 0 aliphatic carbocycles. The van der Waals surface area contributed by atoms with Crippen molar-refractivity contribution in [3.05, 3.63) is 35.9 Å². The van der Waals surface area contributed by atoms with Gasteiger partial charge in [0, 0.05) is 6.07 Å². The normalized spacial score (nSPS) is 12.5. The van der Waals surface area contributed by atoms with E-state index < -0.39 is 5.97 Å². The zero-order valence-corrected chi connectivity index (χ0v) is 8.71. The summed E-state index contributed by atoms with van der Waals surface area (Å²) in [5, 5.41) is 21.4. The molecule has 3 N–H and O–H groups in total. The molecular formula is C11H9N3O3. The molecule has 0 unspecified atom stereocenters. The number of benzene rings is 1. The molecule has 1 aromatic heterocycles. The second kappa shape index (κ2) is 3.24. The largest absolute Gasteiger partial charge is 0.508 e. The van der Waals surface area contributed by atoms with Crippen molar-refractivity contribution in [2.75, 3.05) is 5.32 Å². The Morgan fingerprint density at radius 2 is 2.29 bits per heavy atom. The van der Waals surface area contributed by atoms with Gasteiger partial charge in [0.1, 0.15) is 12.1 Å². The lowest BCUT2D eigenvalue weighted by Gasteiger charge is -2.20. The van der Waals surface area contributed by atoms with E-state index in [1.54, 1.807) is 22.8 Å². The number of imidazole rings is 1. The zero-order chi connectivity index (χ0) is 12.0. The van der Waals surface area contributed by atoms with Gasteiger partial charge in [-0.05, 0) is 12.1 Å². The van der Waals surface area contributed by atoms with Gasteiger partial charge in [-0.3, -0.25) is 4.57 Å². The predicted molar refractivity (Wildman–Crippen MR) is 59.5 cm³/mol. The number of aromatic carboxylic acids is 1. The van der Waals surface area contributed by atoms with Gasteiger partial charge in [0.05, 0.1) is 23.6 Å². The van der Waals surface area contributed by atoms with Crippen LogP contribution in [0.5, 0.6) is 5.75 Å². The van der Waals surface area contributed by atoms with Crippen molar-refractivity contribution in [1.82, 2.24) is 9.55 Å². The molecule has 1 aliphatic heterocycles. The summed E-state index contributed by atoms with van der Waals surface area (Å²) in [6.07, 6.45) is 1.48. The maximum absolute atomic E-state index is 11.0. The molecular weight excluding hydrogens is 222 g/mol. The molecule has 1 aromatic carbocycles. The highest BCUT2D eigenvalue weighted by molar-refractivity contribution is 5.87. The Morgan fingerprint density at radius 3 is 3.06 bits per heavy atom. The highest BCUT2D eigenvalue weighted by Gasteiger charge is 2.22. The minimum Gasteiger partial charge on any atom is -0.508 e. The van der Waals surface area contributed by atoms with E-state index in [9.17, 15) is 9.90 Å². The molecule has 0 saturated carbocycles. The van der Waals surface area contributed by atoms with Crippen molar-refractivity contribution >= 4 is 11.7 Å². The number of phenolic OH excluding ortho intramolecular Hbond substituents is 1. The summed E-state index contributed by atoms with van der Waals surface area (Å²) < 4.78 is 1.72. The summed E-state index contributed by atoms with van der Waals surface area (Å²) in [6, 6.07) is 4.86. The number of fused-ring (bicyclic) bond motifs is 3. The number of aromatic hydroxyl groups is 1. The number of hydrogen-bond acceptors (Lipinski definition) is 4. The number of phenols is 1. The van der Waals surface area contributed by atoms with E-state index >= 15 is 0 Å². The lowest BCUT2D eigenvalue weighted by molar-refractivity contribution is 0.0690. The number of hydrogen-bond donors (Lipinski definition) is 3. The quantitative estimate of drug-likeness (QED) is 0.686. The third kappa shape index (κ3) is 1.34. The fourth-order valence-electron chi connectivity index (χ4n) is 1.98. The first kappa shape index (κ1) is 9.71. The minimum atomic E-state index is -1.04. The molecule has 3 rings (SSSR count). The van der Waals surface area contributed by atoms with E-state index in [2.05, 4.69) is 10.3 Å². The number of aromatic nitrogens is 2. The van der Waals surface area contributed by atoms with Gasteiger partial charge in [-0.1, -0.05) is 0 Å². The second-order valence-corrected chi connectivity index (χ2v) is 3.77. The van der Waals surface area contributed by atoms with Crippen LogP contribution in [0.1, 0.15) is 16.2 Å². The smallest absolute Gasteiger partial charge is 0.356 e. The average molecular weight is 231 g/mol. The van der Waals surface area contributed by atoms with Crippen molar-refractivity contribution in [2.45, 2.75) is 6.54 Å². The fraction of sp³-hybridized carbons (Fsp3) is 0.0909. The van der Waals surface area contributed by atoms with Crippen molar-refractivity contribution in [3.8, 4) is 11.4 Å². The number of carboxylic acids is 1. The number of rotatable bonds is 1. The maximum atomic E-state index is 11.0. The van der Waals surface area contributed by atoms with Gasteiger partial charge in [-0.2, -0.15) is 0 Å². The van der Waals surface area contributed by atoms with Gasteiger partial charge < -0.3 is 15.5 Å². The van der Waals surface area contributed by atoms with Crippen molar-refractivity contribution in [1.29, 1.82) is 0 Å². The standard InChI is InChI=1S/C11H9N3O3/c15-6-1-2-8-7(3-6)12-4-9-10(11(16)17)13-5-14(8)9/h1-3,5,12,15H,4H2,(H,16,17). The summed E-state index contributed by atoms with van der Waals surface area (Å²) in [5.74, 6) is -0.874. The van der Waals surface area contributed by atoms with Gasteiger partial charge in [-0.25, -0.2) is 9.78 Å². The molecule has 6 nitrogen and oxygen atoms in total. The molecule has 0 radical (unpaired) electrons. The Balaban J connectivity index is 2.21. The summed E-state index contributed by atoms with van der Waals surface area (Å²) in [7, 11) is 0. The van der Waals surface area contributed by atoms with Gasteiger partial charge >= 0.3 is 5.97 Å². The highest BCUT2D eigenvalue weighted by atomic mass is 16.4. The van der Waals surface area contributed by atoms with Crippen LogP contribution < -0.4 is 5.32 Å². The SMILES string of the molecule is O=C(O)c1ncn2c1CNc1cc(O)ccc1-2. The van der Waals surface area contributed by atoms with E-state index in [4.69, 9.17) is 5.11 Å². The van der Waals surface area contributed by atoms with E-state index in [1.807, 2.05) is 0 Å².